The molecule has 1 heterocycles. The van der Waals surface area contributed by atoms with Crippen LogP contribution in [0.4, 0.5) is 0 Å². The number of benzene rings is 1. The van der Waals surface area contributed by atoms with Crippen molar-refractivity contribution in [1.82, 2.24) is 15.5 Å². The molecule has 1 aromatic carbocycles. The molecule has 0 bridgehead atoms. The zero-order valence-corrected chi connectivity index (χ0v) is 16.4. The molecular weight excluding hydrogens is 410 g/mol. The molecule has 0 fully saturated rings. The van der Waals surface area contributed by atoms with Crippen LogP contribution in [0, 0.1) is 0 Å². The fraction of sp³-hybridized carbons (Fsp3) is 0.412. The van der Waals surface area contributed by atoms with E-state index >= 15 is 0 Å². The summed E-state index contributed by atoms with van der Waals surface area (Å²) in [6.45, 7) is 4.86. The van der Waals surface area contributed by atoms with Crippen LogP contribution in [0.1, 0.15) is 13.8 Å². The van der Waals surface area contributed by atoms with E-state index < -0.39 is 6.10 Å². The minimum absolute atomic E-state index is 0.190. The van der Waals surface area contributed by atoms with E-state index in [-0.39, 0.29) is 12.1 Å². The molecular formula is C17H21BrClN3O3. The summed E-state index contributed by atoms with van der Waals surface area (Å²) in [6.07, 6.45) is -0.651. The molecule has 1 unspecified atom stereocenters. The molecule has 0 spiro atoms. The fourth-order valence-corrected chi connectivity index (χ4v) is 2.39. The highest BCUT2D eigenvalue weighted by molar-refractivity contribution is 9.10. The first-order valence-electron chi connectivity index (χ1n) is 7.78. The van der Waals surface area contributed by atoms with Crippen molar-refractivity contribution in [3.63, 3.8) is 0 Å². The van der Waals surface area contributed by atoms with Crippen molar-refractivity contribution in [2.45, 2.75) is 25.5 Å². The Balaban J connectivity index is 1.72. The standard InChI is InChI=1S/C17H21BrClN3O3/c1-17(2,11-25-16-8-7-15(19)21-22-16)20-9-12(23)10-24-14-6-4-3-5-13(14)18/h3-8,12,20,23H,9-11H2,1-2H3. The predicted octanol–water partition coefficient (Wildman–Crippen LogP) is 3.08. The Labute approximate surface area is 160 Å². The largest absolute Gasteiger partial charge is 0.490 e. The molecule has 6 nitrogen and oxygen atoms in total. The van der Waals surface area contributed by atoms with E-state index in [0.29, 0.717) is 29.9 Å². The summed E-state index contributed by atoms with van der Waals surface area (Å²) in [6, 6.07) is 10.8. The molecule has 1 aromatic heterocycles. The normalized spacial score (nSPS) is 12.7. The Morgan fingerprint density at radius 2 is 1.96 bits per heavy atom. The molecule has 0 amide bonds. The maximum Gasteiger partial charge on any atom is 0.233 e. The predicted molar refractivity (Wildman–Crippen MR) is 100 cm³/mol. The number of halogens is 2. The highest BCUT2D eigenvalue weighted by Gasteiger charge is 2.20. The van der Waals surface area contributed by atoms with Gasteiger partial charge in [0, 0.05) is 18.2 Å². The molecule has 0 saturated heterocycles. The Morgan fingerprint density at radius 3 is 2.64 bits per heavy atom. The van der Waals surface area contributed by atoms with Gasteiger partial charge < -0.3 is 19.9 Å². The van der Waals surface area contributed by atoms with E-state index in [2.05, 4.69) is 31.4 Å². The fourth-order valence-electron chi connectivity index (χ4n) is 1.89. The minimum Gasteiger partial charge on any atom is -0.490 e. The molecule has 25 heavy (non-hydrogen) atoms. The summed E-state index contributed by atoms with van der Waals surface area (Å²) in [7, 11) is 0. The number of aromatic nitrogens is 2. The van der Waals surface area contributed by atoms with Crippen molar-refractivity contribution < 1.29 is 14.6 Å². The third kappa shape index (κ3) is 7.15. The lowest BCUT2D eigenvalue weighted by Gasteiger charge is -2.27. The molecule has 0 aliphatic carbocycles. The summed E-state index contributed by atoms with van der Waals surface area (Å²) >= 11 is 9.09. The van der Waals surface area contributed by atoms with Gasteiger partial charge in [-0.3, -0.25) is 0 Å². The van der Waals surface area contributed by atoms with Crippen molar-refractivity contribution in [2.75, 3.05) is 19.8 Å². The monoisotopic (exact) mass is 429 g/mol. The lowest BCUT2D eigenvalue weighted by Crippen LogP contribution is -2.48. The number of hydrogen-bond acceptors (Lipinski definition) is 6. The highest BCUT2D eigenvalue weighted by Crippen LogP contribution is 2.23. The lowest BCUT2D eigenvalue weighted by molar-refractivity contribution is 0.0919. The quantitative estimate of drug-likeness (QED) is 0.637. The zero-order valence-electron chi connectivity index (χ0n) is 14.1. The van der Waals surface area contributed by atoms with Crippen LogP contribution in [0.15, 0.2) is 40.9 Å². The molecule has 1 atom stereocenters. The van der Waals surface area contributed by atoms with Crippen molar-refractivity contribution >= 4 is 27.5 Å². The average molecular weight is 431 g/mol. The number of rotatable bonds is 9. The van der Waals surface area contributed by atoms with Crippen molar-refractivity contribution in [2.24, 2.45) is 0 Å². The van der Waals surface area contributed by atoms with Crippen LogP contribution >= 0.6 is 27.5 Å². The van der Waals surface area contributed by atoms with Crippen LogP contribution in [-0.4, -0.2) is 46.7 Å². The van der Waals surface area contributed by atoms with Crippen LogP contribution < -0.4 is 14.8 Å². The number of aliphatic hydroxyl groups is 1. The number of β-amino-alcohol motifs (C(OH)–C–C–N with tert-alkyl or cyclic N) is 1. The number of hydrogen-bond donors (Lipinski definition) is 2. The van der Waals surface area contributed by atoms with Crippen LogP contribution in [0.3, 0.4) is 0 Å². The third-order valence-corrected chi connectivity index (χ3v) is 4.13. The summed E-state index contributed by atoms with van der Waals surface area (Å²) < 4.78 is 12.0. The van der Waals surface area contributed by atoms with Gasteiger partial charge in [0.2, 0.25) is 5.88 Å². The molecule has 0 radical (unpaired) electrons. The van der Waals surface area contributed by atoms with Gasteiger partial charge in [-0.2, -0.15) is 0 Å². The van der Waals surface area contributed by atoms with Gasteiger partial charge >= 0.3 is 0 Å². The second-order valence-electron chi connectivity index (χ2n) is 6.14. The number of nitrogens with one attached hydrogen (secondary N) is 1. The molecule has 0 aliphatic rings. The van der Waals surface area contributed by atoms with Gasteiger partial charge in [-0.15, -0.1) is 10.2 Å². The molecule has 0 aliphatic heterocycles. The van der Waals surface area contributed by atoms with E-state index in [9.17, 15) is 5.11 Å². The van der Waals surface area contributed by atoms with E-state index in [1.54, 1.807) is 12.1 Å². The lowest BCUT2D eigenvalue weighted by atomic mass is 10.1. The molecule has 0 saturated carbocycles. The summed E-state index contributed by atoms with van der Waals surface area (Å²) in [5, 5.41) is 21.2. The number of ether oxygens (including phenoxy) is 2. The molecule has 8 heteroatoms. The Bertz CT molecular complexity index is 670. The van der Waals surface area contributed by atoms with Gasteiger partial charge in [0.15, 0.2) is 5.15 Å². The first-order valence-corrected chi connectivity index (χ1v) is 8.95. The van der Waals surface area contributed by atoms with Crippen molar-refractivity contribution in [3.05, 3.63) is 46.0 Å². The van der Waals surface area contributed by atoms with Crippen LogP contribution in [0.5, 0.6) is 11.6 Å². The smallest absolute Gasteiger partial charge is 0.233 e. The van der Waals surface area contributed by atoms with Gasteiger partial charge in [-0.05, 0) is 48.0 Å². The van der Waals surface area contributed by atoms with Crippen molar-refractivity contribution in [1.29, 1.82) is 0 Å². The zero-order chi connectivity index (χ0) is 18.3. The molecule has 2 aromatic rings. The topological polar surface area (TPSA) is 76.5 Å². The average Bonchev–Trinajstić information content (AvgIpc) is 2.59. The second-order valence-corrected chi connectivity index (χ2v) is 7.38. The van der Waals surface area contributed by atoms with E-state index in [1.165, 1.54) is 0 Å². The molecule has 136 valence electrons. The van der Waals surface area contributed by atoms with E-state index in [0.717, 1.165) is 4.47 Å². The summed E-state index contributed by atoms with van der Waals surface area (Å²) in [4.78, 5) is 0. The number of para-hydroxylation sites is 1. The van der Waals surface area contributed by atoms with Gasteiger partial charge in [-0.25, -0.2) is 0 Å². The Morgan fingerprint density at radius 1 is 1.20 bits per heavy atom. The maximum atomic E-state index is 10.1. The van der Waals surface area contributed by atoms with E-state index in [1.807, 2.05) is 38.1 Å². The Kier molecular flexibility index (Phi) is 7.43. The first-order chi connectivity index (χ1) is 11.9. The SMILES string of the molecule is CC(C)(COc1ccc(Cl)nn1)NCC(O)COc1ccccc1Br. The van der Waals surface area contributed by atoms with Gasteiger partial charge in [-0.1, -0.05) is 23.7 Å². The van der Waals surface area contributed by atoms with Crippen molar-refractivity contribution in [3.8, 4) is 11.6 Å². The first kappa shape index (κ1) is 19.9. The number of nitrogens with zero attached hydrogens (tertiary/aromatic N) is 2. The van der Waals surface area contributed by atoms with Crippen LogP contribution in [0.2, 0.25) is 5.15 Å². The van der Waals surface area contributed by atoms with Crippen LogP contribution in [-0.2, 0) is 0 Å². The van der Waals surface area contributed by atoms with Gasteiger partial charge in [0.05, 0.1) is 4.47 Å². The van der Waals surface area contributed by atoms with Gasteiger partial charge in [0.25, 0.3) is 0 Å². The van der Waals surface area contributed by atoms with Crippen LogP contribution in [0.25, 0.3) is 0 Å². The summed E-state index contributed by atoms with van der Waals surface area (Å²) in [5.74, 6) is 1.10. The number of aliphatic hydroxyl groups excluding tert-OH is 1. The second kappa shape index (κ2) is 9.33. The highest BCUT2D eigenvalue weighted by atomic mass is 79.9. The van der Waals surface area contributed by atoms with Gasteiger partial charge in [0.1, 0.15) is 25.1 Å². The molecule has 2 rings (SSSR count). The molecule has 2 N–H and O–H groups in total. The Hall–Kier alpha value is -1.41. The third-order valence-electron chi connectivity index (χ3n) is 3.27. The van der Waals surface area contributed by atoms with E-state index in [4.69, 9.17) is 21.1 Å². The maximum absolute atomic E-state index is 10.1. The summed E-state index contributed by atoms with van der Waals surface area (Å²) in [5.41, 5.74) is -0.365. The minimum atomic E-state index is -0.651.